The van der Waals surface area contributed by atoms with Crippen molar-refractivity contribution in [2.45, 2.75) is 19.8 Å². The first-order chi connectivity index (χ1) is 8.08. The van der Waals surface area contributed by atoms with Crippen molar-refractivity contribution in [3.63, 3.8) is 0 Å². The molecule has 1 aromatic carbocycles. The summed E-state index contributed by atoms with van der Waals surface area (Å²) in [7, 11) is 0. The number of carboxylic acids is 1. The third kappa shape index (κ3) is 2.46. The Morgan fingerprint density at radius 2 is 2.00 bits per heavy atom. The number of aliphatic carboxylic acids is 1. The van der Waals surface area contributed by atoms with Gasteiger partial charge in [-0.15, -0.1) is 0 Å². The predicted molar refractivity (Wildman–Crippen MR) is 63.9 cm³/mol. The highest BCUT2D eigenvalue weighted by Crippen LogP contribution is 2.24. The summed E-state index contributed by atoms with van der Waals surface area (Å²) in [5.74, 6) is -1.50. The second kappa shape index (κ2) is 4.57. The number of benzene rings is 1. The highest BCUT2D eigenvalue weighted by molar-refractivity contribution is 5.96. The molecule has 1 aliphatic heterocycles. The zero-order chi connectivity index (χ0) is 12.4. The van der Waals surface area contributed by atoms with Gasteiger partial charge >= 0.3 is 5.97 Å². The van der Waals surface area contributed by atoms with Crippen LogP contribution in [0.4, 0.5) is 5.69 Å². The van der Waals surface area contributed by atoms with Crippen molar-refractivity contribution in [1.29, 1.82) is 0 Å². The summed E-state index contributed by atoms with van der Waals surface area (Å²) in [4.78, 5) is 24.3. The van der Waals surface area contributed by atoms with Crippen LogP contribution in [-0.2, 0) is 9.59 Å². The molecule has 0 radical (unpaired) electrons. The van der Waals surface area contributed by atoms with E-state index in [0.29, 0.717) is 13.0 Å². The van der Waals surface area contributed by atoms with E-state index >= 15 is 0 Å². The molecule has 0 bridgehead atoms. The second-order valence-electron chi connectivity index (χ2n) is 4.41. The summed E-state index contributed by atoms with van der Waals surface area (Å²) >= 11 is 0. The molecule has 1 atom stereocenters. The number of anilines is 1. The zero-order valence-electron chi connectivity index (χ0n) is 9.72. The van der Waals surface area contributed by atoms with Crippen LogP contribution in [0, 0.1) is 12.8 Å². The summed E-state index contributed by atoms with van der Waals surface area (Å²) in [6.45, 7) is 2.47. The van der Waals surface area contributed by atoms with E-state index < -0.39 is 11.9 Å². The van der Waals surface area contributed by atoms with E-state index in [1.54, 1.807) is 4.90 Å². The van der Waals surface area contributed by atoms with Crippen LogP contribution in [0.3, 0.4) is 0 Å². The van der Waals surface area contributed by atoms with E-state index in [0.717, 1.165) is 11.3 Å². The number of hydrogen-bond donors (Lipinski definition) is 1. The number of rotatable bonds is 2. The second-order valence-corrected chi connectivity index (χ2v) is 4.41. The Labute approximate surface area is 99.9 Å². The monoisotopic (exact) mass is 233 g/mol. The Balaban J connectivity index is 2.12. The fourth-order valence-corrected chi connectivity index (χ4v) is 2.04. The number of amides is 1. The molecule has 1 heterocycles. The summed E-state index contributed by atoms with van der Waals surface area (Å²) in [5.41, 5.74) is 1.99. The Morgan fingerprint density at radius 1 is 1.35 bits per heavy atom. The van der Waals surface area contributed by atoms with E-state index in [1.807, 2.05) is 31.2 Å². The van der Waals surface area contributed by atoms with Crippen molar-refractivity contribution in [3.05, 3.63) is 29.8 Å². The summed E-state index contributed by atoms with van der Waals surface area (Å²) in [5, 5.41) is 8.88. The molecule has 1 saturated heterocycles. The van der Waals surface area contributed by atoms with Crippen molar-refractivity contribution in [3.8, 4) is 0 Å². The lowest BCUT2D eigenvalue weighted by atomic mass is 9.96. The van der Waals surface area contributed by atoms with Crippen molar-refractivity contribution in [2.24, 2.45) is 5.92 Å². The minimum Gasteiger partial charge on any atom is -0.481 e. The molecule has 1 N–H and O–H groups in total. The maximum Gasteiger partial charge on any atom is 0.307 e. The Morgan fingerprint density at radius 3 is 2.53 bits per heavy atom. The van der Waals surface area contributed by atoms with Crippen LogP contribution in [0.25, 0.3) is 0 Å². The number of carbonyl (C=O) groups is 2. The fraction of sp³-hybridized carbons (Fsp3) is 0.385. The normalized spacial score (nSPS) is 20.4. The van der Waals surface area contributed by atoms with Gasteiger partial charge < -0.3 is 10.0 Å². The number of nitrogens with zero attached hydrogens (tertiary/aromatic N) is 1. The van der Waals surface area contributed by atoms with Crippen LogP contribution in [0.2, 0.25) is 0 Å². The average molecular weight is 233 g/mol. The van der Waals surface area contributed by atoms with E-state index in [2.05, 4.69) is 0 Å². The number of carbonyl (C=O) groups excluding carboxylic acids is 1. The lowest BCUT2D eigenvalue weighted by Crippen LogP contribution is -2.40. The molecular weight excluding hydrogens is 218 g/mol. The molecule has 90 valence electrons. The van der Waals surface area contributed by atoms with E-state index in [9.17, 15) is 9.59 Å². The van der Waals surface area contributed by atoms with Crippen LogP contribution in [-0.4, -0.2) is 23.5 Å². The van der Waals surface area contributed by atoms with Gasteiger partial charge in [0.25, 0.3) is 0 Å². The van der Waals surface area contributed by atoms with Crippen LogP contribution in [0.5, 0.6) is 0 Å². The maximum atomic E-state index is 11.9. The summed E-state index contributed by atoms with van der Waals surface area (Å²) in [6.07, 6.45) is 0.623. The van der Waals surface area contributed by atoms with Crippen LogP contribution < -0.4 is 4.90 Å². The highest BCUT2D eigenvalue weighted by atomic mass is 16.4. The van der Waals surface area contributed by atoms with E-state index in [1.165, 1.54) is 0 Å². The predicted octanol–water partition coefficient (Wildman–Crippen LogP) is 1.82. The van der Waals surface area contributed by atoms with Crippen LogP contribution in [0.1, 0.15) is 18.4 Å². The number of piperidine rings is 1. The van der Waals surface area contributed by atoms with Crippen molar-refractivity contribution < 1.29 is 14.7 Å². The zero-order valence-corrected chi connectivity index (χ0v) is 9.72. The average Bonchev–Trinajstić information content (AvgIpc) is 2.30. The van der Waals surface area contributed by atoms with Gasteiger partial charge in [-0.3, -0.25) is 9.59 Å². The number of hydrogen-bond acceptors (Lipinski definition) is 2. The van der Waals surface area contributed by atoms with Crippen LogP contribution >= 0.6 is 0 Å². The van der Waals surface area contributed by atoms with Gasteiger partial charge in [-0.25, -0.2) is 0 Å². The van der Waals surface area contributed by atoms with Gasteiger partial charge in [0.2, 0.25) is 5.91 Å². The molecule has 0 spiro atoms. The van der Waals surface area contributed by atoms with Crippen molar-refractivity contribution in [2.75, 3.05) is 11.4 Å². The van der Waals surface area contributed by atoms with Gasteiger partial charge in [-0.05, 0) is 25.5 Å². The SMILES string of the molecule is Cc1ccc(N2CCC(C(=O)O)CC2=O)cc1. The van der Waals surface area contributed by atoms with Gasteiger partial charge in [0.15, 0.2) is 0 Å². The molecule has 1 aliphatic rings. The van der Waals surface area contributed by atoms with Gasteiger partial charge in [0, 0.05) is 18.7 Å². The van der Waals surface area contributed by atoms with Gasteiger partial charge in [0.05, 0.1) is 5.92 Å². The van der Waals surface area contributed by atoms with Crippen molar-refractivity contribution >= 4 is 17.6 Å². The molecule has 1 fully saturated rings. The Bertz CT molecular complexity index is 438. The molecule has 0 saturated carbocycles. The van der Waals surface area contributed by atoms with Crippen LogP contribution in [0.15, 0.2) is 24.3 Å². The third-order valence-corrected chi connectivity index (χ3v) is 3.12. The molecule has 1 unspecified atom stereocenters. The lowest BCUT2D eigenvalue weighted by molar-refractivity contribution is -0.144. The van der Waals surface area contributed by atoms with Crippen molar-refractivity contribution in [1.82, 2.24) is 0 Å². The van der Waals surface area contributed by atoms with Gasteiger partial charge in [-0.1, -0.05) is 17.7 Å². The molecule has 17 heavy (non-hydrogen) atoms. The summed E-state index contributed by atoms with van der Waals surface area (Å²) < 4.78 is 0. The first-order valence-electron chi connectivity index (χ1n) is 5.68. The van der Waals surface area contributed by atoms with E-state index in [-0.39, 0.29) is 12.3 Å². The molecule has 0 aromatic heterocycles. The Kier molecular flexibility index (Phi) is 3.13. The molecular formula is C13H15NO3. The number of carboxylic acid groups (broad SMARTS) is 1. The first-order valence-corrected chi connectivity index (χ1v) is 5.68. The first kappa shape index (κ1) is 11.6. The van der Waals surface area contributed by atoms with Gasteiger partial charge in [0.1, 0.15) is 0 Å². The lowest BCUT2D eigenvalue weighted by Gasteiger charge is -2.30. The summed E-state index contributed by atoms with van der Waals surface area (Å²) in [6, 6.07) is 7.69. The molecule has 4 nitrogen and oxygen atoms in total. The molecule has 1 amide bonds. The minimum atomic E-state index is -0.873. The fourth-order valence-electron chi connectivity index (χ4n) is 2.04. The van der Waals surface area contributed by atoms with E-state index in [4.69, 9.17) is 5.11 Å². The molecule has 4 heteroatoms. The molecule has 2 rings (SSSR count). The molecule has 1 aromatic rings. The standard InChI is InChI=1S/C13H15NO3/c1-9-2-4-11(5-3-9)14-7-6-10(13(16)17)8-12(14)15/h2-5,10H,6-8H2,1H3,(H,16,17). The molecule has 0 aliphatic carbocycles. The Hall–Kier alpha value is -1.84. The number of aryl methyl sites for hydroxylation is 1. The topological polar surface area (TPSA) is 57.6 Å². The largest absolute Gasteiger partial charge is 0.481 e. The van der Waals surface area contributed by atoms with Gasteiger partial charge in [-0.2, -0.15) is 0 Å². The third-order valence-electron chi connectivity index (χ3n) is 3.12. The minimum absolute atomic E-state index is 0.100. The smallest absolute Gasteiger partial charge is 0.307 e. The highest BCUT2D eigenvalue weighted by Gasteiger charge is 2.30. The maximum absolute atomic E-state index is 11.9. The quantitative estimate of drug-likeness (QED) is 0.847.